The molecule has 0 heterocycles. The van der Waals surface area contributed by atoms with E-state index in [1.807, 2.05) is 19.1 Å². The van der Waals surface area contributed by atoms with E-state index in [0.717, 1.165) is 5.56 Å². The second-order valence-electron chi connectivity index (χ2n) is 7.26. The van der Waals surface area contributed by atoms with Crippen LogP contribution in [0.5, 0.6) is 0 Å². The molecule has 0 N–H and O–H groups in total. The van der Waals surface area contributed by atoms with Crippen LogP contribution in [-0.4, -0.2) is 0 Å². The minimum absolute atomic E-state index is 0.109. The van der Waals surface area contributed by atoms with Gasteiger partial charge in [0.15, 0.2) is 11.6 Å². The standard InChI is InChI=1S/C28H25F3/c1-18(2)26(29)17-22(6)21(5)11-7-19(3)10-14-24-15-16-25(28(31)27(24)30)23-12-8-20(4)9-13-23/h7-17H,1,3,5-6H2,2,4H3/b11-7-,14-10+,26-17+. The van der Waals surface area contributed by atoms with Gasteiger partial charge in [0.1, 0.15) is 5.83 Å². The summed E-state index contributed by atoms with van der Waals surface area (Å²) in [6, 6.07) is 10.3. The lowest BCUT2D eigenvalue weighted by atomic mass is 10.0. The summed E-state index contributed by atoms with van der Waals surface area (Å²) in [6.07, 6.45) is 7.50. The van der Waals surface area contributed by atoms with Crippen LogP contribution < -0.4 is 0 Å². The van der Waals surface area contributed by atoms with E-state index < -0.39 is 17.5 Å². The zero-order valence-electron chi connectivity index (χ0n) is 17.8. The van der Waals surface area contributed by atoms with Crippen molar-refractivity contribution >= 4 is 6.08 Å². The highest BCUT2D eigenvalue weighted by Crippen LogP contribution is 2.27. The summed E-state index contributed by atoms with van der Waals surface area (Å²) in [5, 5.41) is 0. The molecule has 0 amide bonds. The number of benzene rings is 2. The zero-order chi connectivity index (χ0) is 23.1. The third-order valence-corrected chi connectivity index (χ3v) is 4.57. The van der Waals surface area contributed by atoms with Crippen LogP contribution in [-0.2, 0) is 0 Å². The molecule has 2 rings (SSSR count). The van der Waals surface area contributed by atoms with Crippen LogP contribution in [0.25, 0.3) is 17.2 Å². The summed E-state index contributed by atoms with van der Waals surface area (Å²) in [5.41, 5.74) is 3.68. The Morgan fingerprint density at radius 3 is 2.06 bits per heavy atom. The average Bonchev–Trinajstić information content (AvgIpc) is 2.73. The van der Waals surface area contributed by atoms with E-state index >= 15 is 0 Å². The lowest BCUT2D eigenvalue weighted by molar-refractivity contribution is 0.509. The Balaban J connectivity index is 2.13. The Morgan fingerprint density at radius 2 is 1.45 bits per heavy atom. The van der Waals surface area contributed by atoms with Gasteiger partial charge in [-0.1, -0.05) is 92.6 Å². The average molecular weight is 419 g/mol. The summed E-state index contributed by atoms with van der Waals surface area (Å²) in [6.45, 7) is 18.4. The van der Waals surface area contributed by atoms with E-state index in [1.54, 1.807) is 43.4 Å². The molecular weight excluding hydrogens is 393 g/mol. The summed E-state index contributed by atoms with van der Waals surface area (Å²) >= 11 is 0. The van der Waals surface area contributed by atoms with Crippen molar-refractivity contribution in [2.24, 2.45) is 0 Å². The minimum atomic E-state index is -0.927. The quantitative estimate of drug-likeness (QED) is 0.376. The second kappa shape index (κ2) is 10.4. The summed E-state index contributed by atoms with van der Waals surface area (Å²) < 4.78 is 42.7. The summed E-state index contributed by atoms with van der Waals surface area (Å²) in [4.78, 5) is 0. The van der Waals surface area contributed by atoms with Gasteiger partial charge in [0.25, 0.3) is 0 Å². The van der Waals surface area contributed by atoms with Gasteiger partial charge in [-0.3, -0.25) is 0 Å². The topological polar surface area (TPSA) is 0 Å². The normalized spacial score (nSPS) is 11.8. The number of rotatable bonds is 8. The molecule has 0 aliphatic heterocycles. The number of halogens is 3. The number of allylic oxidation sites excluding steroid dienone is 9. The fourth-order valence-electron chi connectivity index (χ4n) is 2.59. The first-order valence-corrected chi connectivity index (χ1v) is 9.61. The molecule has 0 saturated carbocycles. The molecule has 0 aliphatic rings. The van der Waals surface area contributed by atoms with Crippen molar-refractivity contribution in [1.29, 1.82) is 0 Å². The fourth-order valence-corrected chi connectivity index (χ4v) is 2.59. The van der Waals surface area contributed by atoms with Crippen LogP contribution in [0, 0.1) is 18.6 Å². The molecule has 0 saturated heterocycles. The Bertz CT molecular complexity index is 1120. The van der Waals surface area contributed by atoms with Gasteiger partial charge < -0.3 is 0 Å². The zero-order valence-corrected chi connectivity index (χ0v) is 17.8. The summed E-state index contributed by atoms with van der Waals surface area (Å²) in [7, 11) is 0. The SMILES string of the molecule is C=C(/C=C\C(=C)C(=C)/C=C(/F)C(=C)C)/C=C/c1ccc(-c2ccc(C)cc2)c(F)c1F. The van der Waals surface area contributed by atoms with E-state index in [4.69, 9.17) is 0 Å². The first kappa shape index (κ1) is 23.7. The highest BCUT2D eigenvalue weighted by molar-refractivity contribution is 5.68. The van der Waals surface area contributed by atoms with Gasteiger partial charge in [0.05, 0.1) is 0 Å². The van der Waals surface area contributed by atoms with Gasteiger partial charge in [0, 0.05) is 11.1 Å². The van der Waals surface area contributed by atoms with Crippen molar-refractivity contribution in [3.63, 3.8) is 0 Å². The molecule has 0 radical (unpaired) electrons. The Hall–Kier alpha value is -3.59. The van der Waals surface area contributed by atoms with Crippen LogP contribution >= 0.6 is 0 Å². The van der Waals surface area contributed by atoms with Crippen LogP contribution in [0.1, 0.15) is 18.1 Å². The molecule has 2 aromatic carbocycles. The van der Waals surface area contributed by atoms with Gasteiger partial charge in [-0.2, -0.15) is 0 Å². The highest BCUT2D eigenvalue weighted by Gasteiger charge is 2.13. The molecule has 0 nitrogen and oxygen atoms in total. The molecule has 0 fully saturated rings. The predicted molar refractivity (Wildman–Crippen MR) is 126 cm³/mol. The van der Waals surface area contributed by atoms with Crippen molar-refractivity contribution < 1.29 is 13.2 Å². The van der Waals surface area contributed by atoms with Gasteiger partial charge in [-0.15, -0.1) is 0 Å². The maximum absolute atomic E-state index is 14.6. The van der Waals surface area contributed by atoms with E-state index in [-0.39, 0.29) is 11.1 Å². The van der Waals surface area contributed by atoms with Crippen LogP contribution in [0.4, 0.5) is 13.2 Å². The minimum Gasteiger partial charge on any atom is -0.207 e. The van der Waals surface area contributed by atoms with E-state index in [9.17, 15) is 13.2 Å². The van der Waals surface area contributed by atoms with Crippen molar-refractivity contribution in [2.45, 2.75) is 13.8 Å². The fraction of sp³-hybridized carbons (Fsp3) is 0.0714. The third-order valence-electron chi connectivity index (χ3n) is 4.57. The molecule has 0 spiro atoms. The molecule has 158 valence electrons. The van der Waals surface area contributed by atoms with Crippen molar-refractivity contribution in [2.75, 3.05) is 0 Å². The van der Waals surface area contributed by atoms with Gasteiger partial charge in [0.2, 0.25) is 0 Å². The largest absolute Gasteiger partial charge is 0.207 e. The lowest BCUT2D eigenvalue weighted by Crippen LogP contribution is -1.93. The maximum Gasteiger partial charge on any atom is 0.167 e. The van der Waals surface area contributed by atoms with Gasteiger partial charge in [-0.25, -0.2) is 13.2 Å². The van der Waals surface area contributed by atoms with Crippen molar-refractivity contribution in [3.8, 4) is 11.1 Å². The third kappa shape index (κ3) is 6.45. The van der Waals surface area contributed by atoms with Crippen molar-refractivity contribution in [3.05, 3.63) is 138 Å². The lowest BCUT2D eigenvalue weighted by Gasteiger charge is -2.07. The number of aryl methyl sites for hydroxylation is 1. The highest BCUT2D eigenvalue weighted by atomic mass is 19.2. The molecule has 0 bridgehead atoms. The van der Waals surface area contributed by atoms with E-state index in [1.165, 1.54) is 18.2 Å². The molecule has 0 aliphatic carbocycles. The molecule has 0 atom stereocenters. The maximum atomic E-state index is 14.6. The second-order valence-corrected chi connectivity index (χ2v) is 7.26. The van der Waals surface area contributed by atoms with Crippen LogP contribution in [0.2, 0.25) is 0 Å². The first-order valence-electron chi connectivity index (χ1n) is 9.61. The molecular formula is C28H25F3. The molecule has 2 aromatic rings. The molecule has 31 heavy (non-hydrogen) atoms. The Labute approximate surface area is 182 Å². The predicted octanol–water partition coefficient (Wildman–Crippen LogP) is 8.61. The summed E-state index contributed by atoms with van der Waals surface area (Å²) in [5.74, 6) is -2.29. The van der Waals surface area contributed by atoms with Gasteiger partial charge >= 0.3 is 0 Å². The van der Waals surface area contributed by atoms with Crippen molar-refractivity contribution in [1.82, 2.24) is 0 Å². The Kier molecular flexibility index (Phi) is 7.98. The first-order chi connectivity index (χ1) is 14.6. The smallest absolute Gasteiger partial charge is 0.167 e. The number of hydrogen-bond donors (Lipinski definition) is 0. The van der Waals surface area contributed by atoms with Crippen LogP contribution in [0.15, 0.2) is 115 Å². The molecule has 0 unspecified atom stereocenters. The monoisotopic (exact) mass is 418 g/mol. The Morgan fingerprint density at radius 1 is 0.806 bits per heavy atom. The molecule has 0 aromatic heterocycles. The van der Waals surface area contributed by atoms with Crippen LogP contribution in [0.3, 0.4) is 0 Å². The molecule has 3 heteroatoms. The van der Waals surface area contributed by atoms with Gasteiger partial charge in [-0.05, 0) is 47.8 Å². The van der Waals surface area contributed by atoms with E-state index in [0.29, 0.717) is 27.9 Å². The number of hydrogen-bond acceptors (Lipinski definition) is 0. The van der Waals surface area contributed by atoms with E-state index in [2.05, 4.69) is 26.3 Å².